The molecule has 0 fully saturated rings. The molecule has 0 aliphatic heterocycles. The Balaban J connectivity index is 1.94. The van der Waals surface area contributed by atoms with E-state index in [9.17, 15) is 4.79 Å². The highest BCUT2D eigenvalue weighted by molar-refractivity contribution is 9.10. The maximum atomic E-state index is 12.2. The maximum Gasteiger partial charge on any atom is 0.342 e. The molecule has 0 atom stereocenters. The summed E-state index contributed by atoms with van der Waals surface area (Å²) in [5, 5.41) is 1.32. The molecular weight excluding hydrogens is 408 g/mol. The van der Waals surface area contributed by atoms with Crippen molar-refractivity contribution >= 4 is 44.5 Å². The number of benzene rings is 2. The SMILES string of the molecule is CCOC(=O)c1c(C)oc2cc(Br)c(OCc3cccc(Cl)c3)cc12. The summed E-state index contributed by atoms with van der Waals surface area (Å²) >= 11 is 9.48. The zero-order valence-electron chi connectivity index (χ0n) is 13.8. The molecule has 25 heavy (non-hydrogen) atoms. The minimum atomic E-state index is -0.401. The minimum Gasteiger partial charge on any atom is -0.488 e. The monoisotopic (exact) mass is 422 g/mol. The molecule has 0 saturated carbocycles. The predicted molar refractivity (Wildman–Crippen MR) is 100 cm³/mol. The topological polar surface area (TPSA) is 48.7 Å². The van der Waals surface area contributed by atoms with Crippen LogP contribution in [0.4, 0.5) is 0 Å². The summed E-state index contributed by atoms with van der Waals surface area (Å²) in [5.41, 5.74) is 1.98. The Labute approximate surface area is 158 Å². The van der Waals surface area contributed by atoms with Crippen molar-refractivity contribution in [3.63, 3.8) is 0 Å². The van der Waals surface area contributed by atoms with Crippen LogP contribution in [-0.2, 0) is 11.3 Å². The lowest BCUT2D eigenvalue weighted by Crippen LogP contribution is -2.05. The highest BCUT2D eigenvalue weighted by Gasteiger charge is 2.21. The first-order chi connectivity index (χ1) is 12.0. The zero-order valence-corrected chi connectivity index (χ0v) is 16.1. The van der Waals surface area contributed by atoms with Crippen LogP contribution in [0.2, 0.25) is 5.02 Å². The van der Waals surface area contributed by atoms with Crippen LogP contribution in [0.15, 0.2) is 45.3 Å². The van der Waals surface area contributed by atoms with E-state index in [2.05, 4.69) is 15.9 Å². The third-order valence-electron chi connectivity index (χ3n) is 3.68. The normalized spacial score (nSPS) is 10.9. The molecule has 1 aromatic heterocycles. The van der Waals surface area contributed by atoms with Gasteiger partial charge in [0.15, 0.2) is 0 Å². The molecule has 4 nitrogen and oxygen atoms in total. The summed E-state index contributed by atoms with van der Waals surface area (Å²) in [7, 11) is 0. The number of carbonyl (C=O) groups excluding carboxylic acids is 1. The summed E-state index contributed by atoms with van der Waals surface area (Å²) in [4.78, 5) is 12.2. The molecule has 130 valence electrons. The number of hydrogen-bond donors (Lipinski definition) is 0. The Morgan fingerprint density at radius 1 is 1.28 bits per heavy atom. The second-order valence-electron chi connectivity index (χ2n) is 5.45. The highest BCUT2D eigenvalue weighted by atomic mass is 79.9. The van der Waals surface area contributed by atoms with Crippen LogP contribution in [-0.4, -0.2) is 12.6 Å². The maximum absolute atomic E-state index is 12.2. The van der Waals surface area contributed by atoms with E-state index in [0.29, 0.717) is 46.3 Å². The quantitative estimate of drug-likeness (QED) is 0.478. The van der Waals surface area contributed by atoms with Crippen molar-refractivity contribution in [1.29, 1.82) is 0 Å². The first-order valence-corrected chi connectivity index (χ1v) is 8.93. The number of furan rings is 1. The first-order valence-electron chi connectivity index (χ1n) is 7.76. The van der Waals surface area contributed by atoms with Gasteiger partial charge in [0.1, 0.15) is 29.3 Å². The largest absolute Gasteiger partial charge is 0.488 e. The first kappa shape index (κ1) is 17.8. The number of aryl methyl sites for hydroxylation is 1. The van der Waals surface area contributed by atoms with Crippen LogP contribution in [0.1, 0.15) is 28.6 Å². The summed E-state index contributed by atoms with van der Waals surface area (Å²) < 4.78 is 17.4. The van der Waals surface area contributed by atoms with Gasteiger partial charge in [0, 0.05) is 10.4 Å². The van der Waals surface area contributed by atoms with Gasteiger partial charge in [-0.3, -0.25) is 0 Å². The Hall–Kier alpha value is -1.98. The molecule has 2 aromatic carbocycles. The van der Waals surface area contributed by atoms with Crippen molar-refractivity contribution < 1.29 is 18.7 Å². The molecule has 0 bridgehead atoms. The standard InChI is InChI=1S/C19H16BrClO4/c1-3-23-19(22)18-11(2)25-16-9-15(20)17(8-14(16)18)24-10-12-5-4-6-13(21)7-12/h4-9H,3,10H2,1-2H3. The summed E-state index contributed by atoms with van der Waals surface area (Å²) in [5.74, 6) is 0.730. The van der Waals surface area contributed by atoms with Gasteiger partial charge in [-0.05, 0) is 59.6 Å². The number of hydrogen-bond acceptors (Lipinski definition) is 4. The molecule has 0 unspecified atom stereocenters. The zero-order chi connectivity index (χ0) is 18.0. The molecule has 0 aliphatic carbocycles. The fourth-order valence-electron chi connectivity index (χ4n) is 2.58. The van der Waals surface area contributed by atoms with E-state index in [1.54, 1.807) is 26.0 Å². The van der Waals surface area contributed by atoms with E-state index >= 15 is 0 Å². The third kappa shape index (κ3) is 3.83. The number of esters is 1. The number of carbonyl (C=O) groups is 1. The Morgan fingerprint density at radius 3 is 2.80 bits per heavy atom. The fraction of sp³-hybridized carbons (Fsp3) is 0.211. The Bertz CT molecular complexity index is 933. The molecule has 0 aliphatic rings. The van der Waals surface area contributed by atoms with Crippen molar-refractivity contribution in [2.75, 3.05) is 6.61 Å². The van der Waals surface area contributed by atoms with E-state index in [1.165, 1.54) is 0 Å². The third-order valence-corrected chi connectivity index (χ3v) is 4.54. The van der Waals surface area contributed by atoms with Crippen molar-refractivity contribution in [3.05, 3.63) is 62.8 Å². The molecule has 0 amide bonds. The number of fused-ring (bicyclic) bond motifs is 1. The van der Waals surface area contributed by atoms with Gasteiger partial charge in [-0.25, -0.2) is 4.79 Å². The minimum absolute atomic E-state index is 0.305. The fourth-order valence-corrected chi connectivity index (χ4v) is 3.23. The van der Waals surface area contributed by atoms with Gasteiger partial charge in [0.2, 0.25) is 0 Å². The smallest absolute Gasteiger partial charge is 0.342 e. The molecule has 0 saturated heterocycles. The lowest BCUT2D eigenvalue weighted by molar-refractivity contribution is 0.0526. The van der Waals surface area contributed by atoms with E-state index in [4.69, 9.17) is 25.5 Å². The average Bonchev–Trinajstić information content (AvgIpc) is 2.87. The van der Waals surface area contributed by atoms with Crippen molar-refractivity contribution in [1.82, 2.24) is 0 Å². The van der Waals surface area contributed by atoms with E-state index < -0.39 is 5.97 Å². The van der Waals surface area contributed by atoms with E-state index in [-0.39, 0.29) is 0 Å². The molecule has 1 heterocycles. The summed E-state index contributed by atoms with van der Waals surface area (Å²) in [6, 6.07) is 11.0. The van der Waals surface area contributed by atoms with Gasteiger partial charge in [-0.1, -0.05) is 23.7 Å². The highest BCUT2D eigenvalue weighted by Crippen LogP contribution is 2.35. The van der Waals surface area contributed by atoms with Crippen molar-refractivity contribution in [2.24, 2.45) is 0 Å². The molecule has 0 spiro atoms. The second-order valence-corrected chi connectivity index (χ2v) is 6.74. The summed E-state index contributed by atoms with van der Waals surface area (Å²) in [6.45, 7) is 4.17. The van der Waals surface area contributed by atoms with Crippen LogP contribution >= 0.6 is 27.5 Å². The molecule has 0 N–H and O–H groups in total. The van der Waals surface area contributed by atoms with Gasteiger partial charge >= 0.3 is 5.97 Å². The van der Waals surface area contributed by atoms with Crippen molar-refractivity contribution in [2.45, 2.75) is 20.5 Å². The van der Waals surface area contributed by atoms with E-state index in [1.807, 2.05) is 24.3 Å². The Morgan fingerprint density at radius 2 is 2.08 bits per heavy atom. The van der Waals surface area contributed by atoms with Crippen LogP contribution in [0, 0.1) is 6.92 Å². The van der Waals surface area contributed by atoms with Crippen LogP contribution in [0.3, 0.4) is 0 Å². The van der Waals surface area contributed by atoms with Gasteiger partial charge in [0.05, 0.1) is 11.1 Å². The number of rotatable bonds is 5. The van der Waals surface area contributed by atoms with Crippen molar-refractivity contribution in [3.8, 4) is 5.75 Å². The molecule has 3 aromatic rings. The number of halogens is 2. The predicted octanol–water partition coefficient (Wildman–Crippen LogP) is 5.91. The van der Waals surface area contributed by atoms with Crippen LogP contribution < -0.4 is 4.74 Å². The molecule has 0 radical (unpaired) electrons. The van der Waals surface area contributed by atoms with Gasteiger partial charge in [-0.2, -0.15) is 0 Å². The summed E-state index contributed by atoms with van der Waals surface area (Å²) in [6.07, 6.45) is 0. The lowest BCUT2D eigenvalue weighted by Gasteiger charge is -2.09. The lowest BCUT2D eigenvalue weighted by atomic mass is 10.1. The Kier molecular flexibility index (Phi) is 5.35. The molecule has 3 rings (SSSR count). The van der Waals surface area contributed by atoms with Gasteiger partial charge < -0.3 is 13.9 Å². The average molecular weight is 424 g/mol. The number of ether oxygens (including phenoxy) is 2. The van der Waals surface area contributed by atoms with Crippen LogP contribution in [0.5, 0.6) is 5.75 Å². The second kappa shape index (κ2) is 7.50. The molecule has 6 heteroatoms. The molecular formula is C19H16BrClO4. The van der Waals surface area contributed by atoms with Crippen LogP contribution in [0.25, 0.3) is 11.0 Å². The van der Waals surface area contributed by atoms with E-state index in [0.717, 1.165) is 10.0 Å². The van der Waals surface area contributed by atoms with Gasteiger partial charge in [-0.15, -0.1) is 0 Å². The van der Waals surface area contributed by atoms with Gasteiger partial charge in [0.25, 0.3) is 0 Å².